The van der Waals surface area contributed by atoms with Crippen molar-refractivity contribution in [2.75, 3.05) is 0 Å². The van der Waals surface area contributed by atoms with Gasteiger partial charge in [-0.05, 0) is 48.7 Å². The number of hydrogen-bond acceptors (Lipinski definition) is 4. The molecule has 1 aliphatic heterocycles. The molecule has 2 N–H and O–H groups in total. The number of nitriles is 1. The van der Waals surface area contributed by atoms with Gasteiger partial charge in [-0.3, -0.25) is 0 Å². The van der Waals surface area contributed by atoms with Gasteiger partial charge in [0.1, 0.15) is 11.6 Å². The van der Waals surface area contributed by atoms with Crippen LogP contribution in [0.2, 0.25) is 0 Å². The third-order valence-corrected chi connectivity index (χ3v) is 6.28. The SMILES string of the molecule is Cc1nn(-c2ccccc2)c2c1C(c1cc(C(F)(F)F)cc(C(F)(F)F)c1)(C(C)C)C(C#N)=C(N)O2. The number of aryl methyl sites for hydroxylation is 1. The zero-order chi connectivity index (χ0) is 26.6. The molecule has 5 nitrogen and oxygen atoms in total. The molecule has 0 saturated carbocycles. The maximum atomic E-state index is 13.8. The zero-order valence-electron chi connectivity index (χ0n) is 19.3. The maximum absolute atomic E-state index is 13.8. The van der Waals surface area contributed by atoms with E-state index in [2.05, 4.69) is 5.10 Å². The van der Waals surface area contributed by atoms with Crippen LogP contribution in [-0.4, -0.2) is 9.78 Å². The van der Waals surface area contributed by atoms with Crippen LogP contribution >= 0.6 is 0 Å². The van der Waals surface area contributed by atoms with Crippen LogP contribution in [-0.2, 0) is 17.8 Å². The second-order valence-corrected chi connectivity index (χ2v) is 8.72. The van der Waals surface area contributed by atoms with E-state index in [1.54, 1.807) is 51.1 Å². The lowest BCUT2D eigenvalue weighted by Crippen LogP contribution is -2.42. The monoisotopic (exact) mass is 506 g/mol. The van der Waals surface area contributed by atoms with Crippen molar-refractivity contribution in [1.29, 1.82) is 5.26 Å². The van der Waals surface area contributed by atoms with Crippen LogP contribution < -0.4 is 10.5 Å². The van der Waals surface area contributed by atoms with Gasteiger partial charge in [0.25, 0.3) is 0 Å². The molecule has 1 atom stereocenters. The van der Waals surface area contributed by atoms with Crippen molar-refractivity contribution in [1.82, 2.24) is 9.78 Å². The largest absolute Gasteiger partial charge is 0.422 e. The van der Waals surface area contributed by atoms with Crippen LogP contribution in [0.4, 0.5) is 26.3 Å². The van der Waals surface area contributed by atoms with E-state index in [4.69, 9.17) is 10.5 Å². The summed E-state index contributed by atoms with van der Waals surface area (Å²) in [6.07, 6.45) is -10.2. The van der Waals surface area contributed by atoms with Crippen LogP contribution in [0.5, 0.6) is 5.88 Å². The van der Waals surface area contributed by atoms with Gasteiger partial charge in [0.2, 0.25) is 11.8 Å². The van der Waals surface area contributed by atoms with Crippen molar-refractivity contribution < 1.29 is 31.1 Å². The number of para-hydroxylation sites is 1. The van der Waals surface area contributed by atoms with Crippen molar-refractivity contribution >= 4 is 0 Å². The van der Waals surface area contributed by atoms with Crippen molar-refractivity contribution in [2.45, 2.75) is 38.5 Å². The minimum atomic E-state index is -5.08. The first-order valence-corrected chi connectivity index (χ1v) is 10.8. The topological polar surface area (TPSA) is 76.9 Å². The molecule has 0 bridgehead atoms. The molecule has 0 saturated heterocycles. The van der Waals surface area contributed by atoms with Crippen molar-refractivity contribution in [3.05, 3.63) is 87.9 Å². The predicted molar refractivity (Wildman–Crippen MR) is 118 cm³/mol. The Balaban J connectivity index is 2.17. The van der Waals surface area contributed by atoms with Crippen molar-refractivity contribution in [3.8, 4) is 17.6 Å². The number of ether oxygens (including phenoxy) is 1. The summed E-state index contributed by atoms with van der Waals surface area (Å²) >= 11 is 0. The highest BCUT2D eigenvalue weighted by Gasteiger charge is 2.52. The third kappa shape index (κ3) is 3.77. The van der Waals surface area contributed by atoms with Crippen molar-refractivity contribution in [3.63, 3.8) is 0 Å². The van der Waals surface area contributed by atoms with Gasteiger partial charge in [-0.25, -0.2) is 4.68 Å². The zero-order valence-corrected chi connectivity index (χ0v) is 19.3. The van der Waals surface area contributed by atoms with Gasteiger partial charge < -0.3 is 10.5 Å². The van der Waals surface area contributed by atoms with Gasteiger partial charge in [0.15, 0.2) is 0 Å². The Kier molecular flexibility index (Phi) is 5.82. The lowest BCUT2D eigenvalue weighted by molar-refractivity contribution is -0.143. The highest BCUT2D eigenvalue weighted by Crippen LogP contribution is 2.54. The molecular formula is C25H20F6N4O. The van der Waals surface area contributed by atoms with Gasteiger partial charge in [-0.1, -0.05) is 32.0 Å². The Labute approximate surface area is 202 Å². The van der Waals surface area contributed by atoms with Gasteiger partial charge in [0.05, 0.1) is 33.5 Å². The first kappa shape index (κ1) is 25.2. The lowest BCUT2D eigenvalue weighted by atomic mass is 9.61. The van der Waals surface area contributed by atoms with Gasteiger partial charge >= 0.3 is 12.4 Å². The Bertz CT molecular complexity index is 1360. The molecule has 3 aromatic rings. The van der Waals surface area contributed by atoms with Crippen LogP contribution in [0, 0.1) is 24.2 Å². The molecule has 1 aliphatic rings. The molecule has 188 valence electrons. The summed E-state index contributed by atoms with van der Waals surface area (Å²) in [4.78, 5) is 0. The number of hydrogen-bond donors (Lipinski definition) is 1. The van der Waals surface area contributed by atoms with Crippen LogP contribution in [0.1, 0.15) is 41.8 Å². The highest BCUT2D eigenvalue weighted by atomic mass is 19.4. The molecule has 36 heavy (non-hydrogen) atoms. The smallest absolute Gasteiger partial charge is 0.416 e. The van der Waals surface area contributed by atoms with E-state index in [9.17, 15) is 31.6 Å². The molecule has 0 fully saturated rings. The predicted octanol–water partition coefficient (Wildman–Crippen LogP) is 6.25. The second-order valence-electron chi connectivity index (χ2n) is 8.72. The summed E-state index contributed by atoms with van der Waals surface area (Å²) < 4.78 is 89.8. The van der Waals surface area contributed by atoms with Crippen LogP contribution in [0.25, 0.3) is 5.69 Å². The average molecular weight is 506 g/mol. The number of halogens is 6. The molecule has 0 amide bonds. The summed E-state index contributed by atoms with van der Waals surface area (Å²) in [6.45, 7) is 4.73. The van der Waals surface area contributed by atoms with Gasteiger partial charge in [-0.15, -0.1) is 0 Å². The minimum absolute atomic E-state index is 0.00914. The molecule has 0 aliphatic carbocycles. The normalized spacial score (nSPS) is 18.1. The van der Waals surface area contributed by atoms with Crippen LogP contribution in [0.3, 0.4) is 0 Å². The number of rotatable bonds is 3. The molecule has 2 aromatic carbocycles. The van der Waals surface area contributed by atoms with E-state index in [1.165, 1.54) is 4.68 Å². The number of benzene rings is 2. The number of alkyl halides is 6. The van der Waals surface area contributed by atoms with E-state index in [0.717, 1.165) is 0 Å². The highest BCUT2D eigenvalue weighted by molar-refractivity contribution is 5.64. The summed E-state index contributed by atoms with van der Waals surface area (Å²) in [5.41, 5.74) is 1.56. The van der Waals surface area contributed by atoms with E-state index in [0.29, 0.717) is 17.8 Å². The molecule has 0 spiro atoms. The van der Waals surface area contributed by atoms with E-state index < -0.39 is 40.7 Å². The average Bonchev–Trinajstić information content (AvgIpc) is 3.13. The van der Waals surface area contributed by atoms with Crippen molar-refractivity contribution in [2.24, 2.45) is 11.7 Å². The second kappa shape index (κ2) is 8.33. The molecule has 11 heteroatoms. The maximum Gasteiger partial charge on any atom is 0.416 e. The summed E-state index contributed by atoms with van der Waals surface area (Å²) in [7, 11) is 0. The number of allylic oxidation sites excluding steroid dienone is 1. The Hall–Kier alpha value is -3.94. The molecule has 1 unspecified atom stereocenters. The molecule has 1 aromatic heterocycles. The Morgan fingerprint density at radius 3 is 2.03 bits per heavy atom. The van der Waals surface area contributed by atoms with Crippen LogP contribution in [0.15, 0.2) is 60.0 Å². The quantitative estimate of drug-likeness (QED) is 0.426. The lowest BCUT2D eigenvalue weighted by Gasteiger charge is -2.41. The first-order valence-electron chi connectivity index (χ1n) is 10.8. The fourth-order valence-corrected chi connectivity index (χ4v) is 4.80. The van der Waals surface area contributed by atoms with Gasteiger partial charge in [0, 0.05) is 0 Å². The number of aromatic nitrogens is 2. The fourth-order valence-electron chi connectivity index (χ4n) is 4.80. The standard InChI is InChI=1S/C25H20F6N4O/c1-13(2)23(15-9-16(24(26,27)28)11-17(10-15)25(29,30)31)19(12-32)21(33)36-22-20(23)14(3)34-35(22)18-7-5-4-6-8-18/h4-11,13H,33H2,1-3H3. The third-order valence-electron chi connectivity index (χ3n) is 6.28. The molecule has 4 rings (SSSR count). The molecule has 0 radical (unpaired) electrons. The Morgan fingerprint density at radius 1 is 1.00 bits per heavy atom. The summed E-state index contributed by atoms with van der Waals surface area (Å²) in [5.74, 6) is -1.15. The summed E-state index contributed by atoms with van der Waals surface area (Å²) in [5, 5.41) is 14.5. The fraction of sp³-hybridized carbons (Fsp3) is 0.280. The number of fused-ring (bicyclic) bond motifs is 1. The van der Waals surface area contributed by atoms with E-state index in [1.807, 2.05) is 6.07 Å². The van der Waals surface area contributed by atoms with Gasteiger partial charge in [-0.2, -0.15) is 36.7 Å². The van der Waals surface area contributed by atoms with E-state index >= 15 is 0 Å². The van der Waals surface area contributed by atoms with E-state index in [-0.39, 0.29) is 34.3 Å². The summed E-state index contributed by atoms with van der Waals surface area (Å²) in [6, 6.07) is 11.8. The minimum Gasteiger partial charge on any atom is -0.422 e. The Morgan fingerprint density at radius 2 is 1.56 bits per heavy atom. The first-order chi connectivity index (χ1) is 16.7. The number of nitrogens with two attached hydrogens (primary N) is 1. The molecule has 2 heterocycles. The molecular weight excluding hydrogens is 486 g/mol. The number of nitrogens with zero attached hydrogens (tertiary/aromatic N) is 3.